The molecule has 3 aromatic heterocycles. The third-order valence-electron chi connectivity index (χ3n) is 7.45. The Bertz CT molecular complexity index is 1890. The quantitative estimate of drug-likeness (QED) is 0.135. The molecule has 7 rings (SSSR count). The van der Waals surface area contributed by atoms with Gasteiger partial charge in [0.2, 0.25) is 5.95 Å². The van der Waals surface area contributed by atoms with Crippen LogP contribution in [0.25, 0.3) is 22.2 Å². The predicted molar refractivity (Wildman–Crippen MR) is 154 cm³/mol. The van der Waals surface area contributed by atoms with Crippen molar-refractivity contribution in [3.8, 4) is 0 Å². The van der Waals surface area contributed by atoms with E-state index in [1.807, 2.05) is 0 Å². The van der Waals surface area contributed by atoms with Crippen LogP contribution in [0.15, 0.2) is 41.7 Å². The molecule has 0 saturated carbocycles. The Kier molecular flexibility index (Phi) is 7.56. The molecule has 3 fully saturated rings. The van der Waals surface area contributed by atoms with Crippen LogP contribution in [0, 0.1) is 0 Å². The Hall–Kier alpha value is -2.58. The number of hydrogen-bond acceptors (Lipinski definition) is 15. The maximum absolute atomic E-state index is 13.4. The number of para-hydroxylation sites is 2. The van der Waals surface area contributed by atoms with Gasteiger partial charge < -0.3 is 60.6 Å². The van der Waals surface area contributed by atoms with Gasteiger partial charge in [-0.1, -0.05) is 12.1 Å². The van der Waals surface area contributed by atoms with Gasteiger partial charge in [-0.2, -0.15) is 4.98 Å². The number of hydrogen-bond donors (Lipinski definition) is 5. The Balaban J connectivity index is 1.21. The number of nitrogens with zero attached hydrogens (tertiary/aromatic N) is 5. The molecule has 44 heavy (non-hydrogen) atoms. The number of aliphatic hydroxyl groups is 2. The summed E-state index contributed by atoms with van der Waals surface area (Å²) in [5.41, 5.74) is 6.21. The smallest absolute Gasteiger partial charge is 0.325 e. The molecule has 0 aliphatic carbocycles. The summed E-state index contributed by atoms with van der Waals surface area (Å²) in [7, 11) is 1.44. The number of rotatable bonds is 2. The van der Waals surface area contributed by atoms with E-state index in [4.69, 9.17) is 52.7 Å². The summed E-state index contributed by atoms with van der Waals surface area (Å²) in [4.78, 5) is 38.0. The fraction of sp³-hybridized carbons (Fsp3) is 0.455. The molecule has 2 bridgehead atoms. The van der Waals surface area contributed by atoms with Gasteiger partial charge in [0, 0.05) is 0 Å². The van der Waals surface area contributed by atoms with E-state index < -0.39 is 82.0 Å². The number of H-pyrrole nitrogens is 1. The van der Waals surface area contributed by atoms with Crippen LogP contribution in [0.5, 0.6) is 0 Å². The van der Waals surface area contributed by atoms with Crippen molar-refractivity contribution < 1.29 is 47.2 Å². The van der Waals surface area contributed by atoms with Crippen LogP contribution in [-0.4, -0.2) is 102 Å². The Labute approximate surface area is 253 Å². The second-order valence-electron chi connectivity index (χ2n) is 10.3. The zero-order valence-electron chi connectivity index (χ0n) is 22.3. The van der Waals surface area contributed by atoms with Gasteiger partial charge in [-0.3, -0.25) is 18.9 Å². The largest absolute Gasteiger partial charge is 0.444 e. The third kappa shape index (κ3) is 5.34. The second kappa shape index (κ2) is 11.0. The molecular weight excluding hydrogens is 643 g/mol. The van der Waals surface area contributed by atoms with Gasteiger partial charge in [0.15, 0.2) is 23.6 Å². The maximum atomic E-state index is 13.4. The molecule has 6 heterocycles. The first-order valence-electron chi connectivity index (χ1n) is 13.1. The second-order valence-corrected chi connectivity index (χ2v) is 14.6. The first-order valence-corrected chi connectivity index (χ1v) is 17.3. The zero-order chi connectivity index (χ0) is 31.0. The van der Waals surface area contributed by atoms with Crippen molar-refractivity contribution in [3.05, 3.63) is 47.3 Å². The number of ether oxygens (including phenoxy) is 2. The van der Waals surface area contributed by atoms with Gasteiger partial charge in [0.25, 0.3) is 5.56 Å². The molecule has 18 nitrogen and oxygen atoms in total. The van der Waals surface area contributed by atoms with Crippen molar-refractivity contribution in [1.82, 2.24) is 29.1 Å². The van der Waals surface area contributed by atoms with Gasteiger partial charge in [-0.25, -0.2) is 9.97 Å². The highest BCUT2D eigenvalue weighted by atomic mass is 32.5. The first-order chi connectivity index (χ1) is 20.9. The summed E-state index contributed by atoms with van der Waals surface area (Å²) in [6.07, 6.45) is -8.02. The minimum Gasteiger partial charge on any atom is -0.444 e. The van der Waals surface area contributed by atoms with E-state index in [0.717, 1.165) is 0 Å². The van der Waals surface area contributed by atoms with Crippen LogP contribution in [-0.2, 0) is 43.9 Å². The lowest BCUT2D eigenvalue weighted by Gasteiger charge is -2.34. The SMILES string of the molecule is [B-]P1(=O)OC[C@H]2O[C@@H](n3cnc4ccccc43)C(O)[C@H]2OP(O)(=S)OC[C@H]2O[C@@H](n3cnc4c(=O)[nH]c(N)nc43)[C@@H](O1)C2O. The molecule has 4 unspecified atom stereocenters. The van der Waals surface area contributed by atoms with Gasteiger partial charge in [0.1, 0.15) is 36.6 Å². The van der Waals surface area contributed by atoms with E-state index in [1.165, 1.54) is 17.2 Å². The molecule has 3 radical (unpaired) electrons. The monoisotopic (exact) mass is 667 g/mol. The lowest BCUT2D eigenvalue weighted by molar-refractivity contribution is -0.0589. The Morgan fingerprint density at radius 3 is 2.55 bits per heavy atom. The standard InChI is InChI=1S/C22H24BN7O11P2S/c23-42(34)36-6-12-16(15(32)20(39-12)29-7-25-9-3-1-2-4-10(9)29)41-43(35,44)37-5-11-14(31)17(40-42)21(38-11)30-8-26-13-18(30)27-22(24)28-19(13)33/h1-4,7-8,11-12,14-17,20-21,31-32H,5-6H2,(H,35,44)(H3,24,27,28,33)/q-1/t11-,12-,14?,15?,16+,17+,20-,21-,42?,43?/m1/s1. The molecular formula is C22H24BN7O11P2S-. The molecule has 10 atom stereocenters. The van der Waals surface area contributed by atoms with Crippen molar-refractivity contribution >= 4 is 61.7 Å². The minimum atomic E-state index is -4.52. The summed E-state index contributed by atoms with van der Waals surface area (Å²) in [6, 6.07) is 7.13. The highest BCUT2D eigenvalue weighted by molar-refractivity contribution is 8.07. The Morgan fingerprint density at radius 1 is 1.00 bits per heavy atom. The number of benzene rings is 1. The van der Waals surface area contributed by atoms with E-state index in [2.05, 4.69) is 19.9 Å². The van der Waals surface area contributed by atoms with Crippen LogP contribution in [0.4, 0.5) is 5.95 Å². The molecule has 4 aromatic rings. The fourth-order valence-electron chi connectivity index (χ4n) is 5.45. The average molecular weight is 667 g/mol. The predicted octanol–water partition coefficient (Wildman–Crippen LogP) is -0.421. The lowest BCUT2D eigenvalue weighted by Crippen LogP contribution is -2.36. The number of fused-ring (bicyclic) bond motifs is 5. The number of aliphatic hydroxyl groups excluding tert-OH is 2. The molecule has 22 heteroatoms. The number of aromatic amines is 1. The number of nitrogen functional groups attached to an aromatic ring is 1. The molecule has 3 aliphatic heterocycles. The molecule has 3 aliphatic rings. The summed E-state index contributed by atoms with van der Waals surface area (Å²) < 4.78 is 50.5. The van der Waals surface area contributed by atoms with Crippen LogP contribution in [0.1, 0.15) is 12.5 Å². The highest BCUT2D eigenvalue weighted by Crippen LogP contribution is 2.53. The summed E-state index contributed by atoms with van der Waals surface area (Å²) in [5.74, 6) is -0.219. The van der Waals surface area contributed by atoms with E-state index in [0.29, 0.717) is 11.0 Å². The van der Waals surface area contributed by atoms with E-state index in [1.54, 1.807) is 28.8 Å². The van der Waals surface area contributed by atoms with Gasteiger partial charge in [-0.05, 0) is 23.9 Å². The zero-order valence-corrected chi connectivity index (χ0v) is 24.9. The van der Waals surface area contributed by atoms with Crippen molar-refractivity contribution in [1.29, 1.82) is 0 Å². The minimum absolute atomic E-state index is 0.0302. The van der Waals surface area contributed by atoms with Crippen LogP contribution in [0.2, 0.25) is 0 Å². The van der Waals surface area contributed by atoms with Crippen LogP contribution in [0.3, 0.4) is 0 Å². The van der Waals surface area contributed by atoms with Crippen LogP contribution < -0.4 is 11.3 Å². The van der Waals surface area contributed by atoms with Crippen molar-refractivity contribution in [2.45, 2.75) is 49.1 Å². The van der Waals surface area contributed by atoms with Crippen LogP contribution >= 0.6 is 14.2 Å². The molecule has 233 valence electrons. The van der Waals surface area contributed by atoms with Crippen molar-refractivity contribution in [3.63, 3.8) is 0 Å². The van der Waals surface area contributed by atoms with Gasteiger partial charge in [-0.15, -0.1) is 0 Å². The normalized spacial score (nSPS) is 38.3. The van der Waals surface area contributed by atoms with E-state index in [9.17, 15) is 24.5 Å². The highest BCUT2D eigenvalue weighted by Gasteiger charge is 2.51. The molecule has 3 saturated heterocycles. The number of anilines is 1. The number of imidazole rings is 2. The topological polar surface area (TPSA) is 241 Å². The number of aromatic nitrogens is 6. The Morgan fingerprint density at radius 2 is 1.73 bits per heavy atom. The summed E-state index contributed by atoms with van der Waals surface area (Å²) >= 11 is 5.22. The molecule has 0 amide bonds. The third-order valence-corrected chi connectivity index (χ3v) is 10.1. The number of nitrogens with two attached hydrogens (primary N) is 1. The van der Waals surface area contributed by atoms with Crippen molar-refractivity contribution in [2.75, 3.05) is 18.9 Å². The molecule has 6 N–H and O–H groups in total. The maximum Gasteiger partial charge on any atom is 0.325 e. The summed E-state index contributed by atoms with van der Waals surface area (Å²) in [6.45, 7) is -5.24. The molecule has 0 spiro atoms. The first kappa shape index (κ1) is 30.1. The summed E-state index contributed by atoms with van der Waals surface area (Å²) in [5, 5.41) is 22.4. The lowest BCUT2D eigenvalue weighted by atomic mass is 10.1. The fourth-order valence-corrected chi connectivity index (χ4v) is 7.88. The van der Waals surface area contributed by atoms with E-state index >= 15 is 0 Å². The van der Waals surface area contributed by atoms with Crippen molar-refractivity contribution in [2.24, 2.45) is 0 Å². The van der Waals surface area contributed by atoms with E-state index in [-0.39, 0.29) is 17.1 Å². The average Bonchev–Trinajstić information content (AvgIpc) is 3.72. The van der Waals surface area contributed by atoms with Gasteiger partial charge in [0.05, 0.1) is 44.4 Å². The molecule has 1 aromatic carbocycles. The number of nitrogens with one attached hydrogen (secondary N) is 1. The van der Waals surface area contributed by atoms with Gasteiger partial charge >= 0.3 is 6.72 Å².